The minimum atomic E-state index is -4.41. The summed E-state index contributed by atoms with van der Waals surface area (Å²) < 4.78 is 77.9. The zero-order chi connectivity index (χ0) is 21.2. The molecule has 28 heavy (non-hydrogen) atoms. The molecule has 0 amide bonds. The summed E-state index contributed by atoms with van der Waals surface area (Å²) in [4.78, 5) is 1.78. The van der Waals surface area contributed by atoms with Gasteiger partial charge in [0.05, 0.1) is 0 Å². The predicted molar refractivity (Wildman–Crippen MR) is 98.0 cm³/mol. The second-order valence-corrected chi connectivity index (χ2v) is 10.6. The minimum absolute atomic E-state index is 0.326. The van der Waals surface area contributed by atoms with Crippen molar-refractivity contribution in [2.75, 3.05) is 0 Å². The van der Waals surface area contributed by atoms with Gasteiger partial charge in [-0.1, -0.05) is 0 Å². The molecule has 0 fully saturated rings. The molecule has 0 bridgehead atoms. The van der Waals surface area contributed by atoms with Gasteiger partial charge in [-0.15, -0.1) is 0 Å². The fraction of sp³-hybridized carbons (Fsp3) is 0.263. The molecule has 0 radical (unpaired) electrons. The van der Waals surface area contributed by atoms with E-state index in [1.54, 1.807) is 18.8 Å². The van der Waals surface area contributed by atoms with E-state index in [1.165, 1.54) is 24.3 Å². The quantitative estimate of drug-likeness (QED) is 0.461. The van der Waals surface area contributed by atoms with Crippen LogP contribution in [0.1, 0.15) is 25.0 Å². The van der Waals surface area contributed by atoms with Gasteiger partial charge in [-0.05, 0) is 0 Å². The van der Waals surface area contributed by atoms with Crippen molar-refractivity contribution < 1.29 is 31.4 Å². The number of benzene rings is 2. The van der Waals surface area contributed by atoms with Crippen LogP contribution < -0.4 is 8.92 Å². The average Bonchev–Trinajstić information content (AvgIpc) is 2.57. The van der Waals surface area contributed by atoms with Crippen molar-refractivity contribution in [2.45, 2.75) is 31.8 Å². The summed E-state index contributed by atoms with van der Waals surface area (Å²) in [7, 11) is 0. The summed E-state index contributed by atoms with van der Waals surface area (Å²) in [5, 5.41) is 10.4. The molecule has 2 rings (SSSR count). The molecule has 1 N–H and O–H groups in total. The van der Waals surface area contributed by atoms with Crippen molar-refractivity contribution >= 4 is 38.8 Å². The number of hydrogen-bond acceptors (Lipinski definition) is 1. The molecule has 0 aliphatic carbocycles. The second-order valence-electron chi connectivity index (χ2n) is 6.31. The Kier molecular flexibility index (Phi) is 7.11. The molecule has 152 valence electrons. The Balaban J connectivity index is 2.17. The second kappa shape index (κ2) is 8.64. The SMILES string of the molecule is CC(C)(O)/C(=C/[Se]c1ccc(C(F)(F)F)cc1)[Se]c1ccc(C(F)(F)F)cc1. The van der Waals surface area contributed by atoms with Crippen molar-refractivity contribution in [1.29, 1.82) is 0 Å². The van der Waals surface area contributed by atoms with Crippen LogP contribution in [0.4, 0.5) is 26.3 Å². The third-order valence-electron chi connectivity index (χ3n) is 3.50. The van der Waals surface area contributed by atoms with E-state index in [1.807, 2.05) is 0 Å². The first-order chi connectivity index (χ1) is 12.8. The monoisotopic (exact) mass is 534 g/mol. The first-order valence-corrected chi connectivity index (χ1v) is 11.4. The van der Waals surface area contributed by atoms with Crippen molar-refractivity contribution in [3.8, 4) is 0 Å². The molecule has 0 unspecified atom stereocenters. The van der Waals surface area contributed by atoms with E-state index in [0.29, 0.717) is 13.4 Å². The molecule has 0 saturated carbocycles. The average molecular weight is 532 g/mol. The van der Waals surface area contributed by atoms with Crippen LogP contribution in [0.15, 0.2) is 58.0 Å². The molecule has 1 nitrogen and oxygen atoms in total. The van der Waals surface area contributed by atoms with Crippen molar-refractivity contribution in [3.05, 3.63) is 69.1 Å². The Morgan fingerprint density at radius 3 is 1.50 bits per heavy atom. The fourth-order valence-corrected chi connectivity index (χ4v) is 6.48. The number of alkyl halides is 6. The summed E-state index contributed by atoms with van der Waals surface area (Å²) in [6, 6.07) is 9.57. The Morgan fingerprint density at radius 2 is 1.14 bits per heavy atom. The van der Waals surface area contributed by atoms with E-state index in [0.717, 1.165) is 24.3 Å². The van der Waals surface area contributed by atoms with E-state index < -0.39 is 44.0 Å². The first-order valence-electron chi connectivity index (χ1n) is 7.89. The molecule has 0 aliphatic rings. The summed E-state index contributed by atoms with van der Waals surface area (Å²) in [6.07, 6.45) is -8.81. The van der Waals surface area contributed by atoms with Gasteiger partial charge in [-0.25, -0.2) is 0 Å². The van der Waals surface area contributed by atoms with Crippen LogP contribution in [0.5, 0.6) is 0 Å². The summed E-state index contributed by atoms with van der Waals surface area (Å²) in [5.74, 6) is 0. The van der Waals surface area contributed by atoms with Crippen molar-refractivity contribution in [3.63, 3.8) is 0 Å². The number of hydrogen-bond donors (Lipinski definition) is 1. The molecule has 2 aromatic carbocycles. The molecule has 0 saturated heterocycles. The molecular weight excluding hydrogens is 516 g/mol. The number of halogens is 6. The van der Waals surface area contributed by atoms with E-state index in [-0.39, 0.29) is 15.0 Å². The molecule has 0 aliphatic heterocycles. The molecule has 0 heterocycles. The Hall–Kier alpha value is -1.24. The van der Waals surface area contributed by atoms with Crippen LogP contribution >= 0.6 is 0 Å². The van der Waals surface area contributed by atoms with E-state index >= 15 is 0 Å². The summed E-state index contributed by atoms with van der Waals surface area (Å²) in [6.45, 7) is 3.15. The van der Waals surface area contributed by atoms with Crippen LogP contribution in [0.25, 0.3) is 0 Å². The van der Waals surface area contributed by atoms with Crippen LogP contribution in [-0.2, 0) is 12.4 Å². The van der Waals surface area contributed by atoms with Gasteiger partial charge in [-0.2, -0.15) is 0 Å². The normalized spacial score (nSPS) is 13.7. The Morgan fingerprint density at radius 1 is 0.750 bits per heavy atom. The standard InChI is InChI=1S/C19H16F6OSe2/c1-17(2,26)16(28-15-9-5-13(6-10-15)19(23,24)25)11-27-14-7-3-12(4-8-14)18(20,21)22/h3-11,26H,1-2H3/b16-11-. The third-order valence-corrected chi connectivity index (χ3v) is 8.96. The van der Waals surface area contributed by atoms with Gasteiger partial charge < -0.3 is 0 Å². The van der Waals surface area contributed by atoms with Gasteiger partial charge in [-0.3, -0.25) is 0 Å². The van der Waals surface area contributed by atoms with Crippen LogP contribution in [0.2, 0.25) is 0 Å². The maximum atomic E-state index is 12.7. The van der Waals surface area contributed by atoms with E-state index in [9.17, 15) is 31.4 Å². The number of aliphatic hydroxyl groups is 1. The van der Waals surface area contributed by atoms with Gasteiger partial charge >= 0.3 is 171 Å². The first kappa shape index (κ1) is 23.0. The van der Waals surface area contributed by atoms with Crippen LogP contribution in [-0.4, -0.2) is 40.6 Å². The Bertz CT molecular complexity index is 816. The van der Waals surface area contributed by atoms with Crippen molar-refractivity contribution in [2.24, 2.45) is 0 Å². The molecule has 9 heteroatoms. The fourth-order valence-electron chi connectivity index (χ4n) is 1.98. The predicted octanol–water partition coefficient (Wildman–Crippen LogP) is 3.70. The van der Waals surface area contributed by atoms with Crippen LogP contribution in [0.3, 0.4) is 0 Å². The van der Waals surface area contributed by atoms with Gasteiger partial charge in [0.2, 0.25) is 0 Å². The molecule has 0 spiro atoms. The van der Waals surface area contributed by atoms with Gasteiger partial charge in [0, 0.05) is 0 Å². The molecule has 0 atom stereocenters. The number of rotatable bonds is 5. The summed E-state index contributed by atoms with van der Waals surface area (Å²) >= 11 is -0.747. The molecule has 2 aromatic rings. The van der Waals surface area contributed by atoms with Crippen LogP contribution in [0, 0.1) is 0 Å². The summed E-state index contributed by atoms with van der Waals surface area (Å²) in [5.41, 5.74) is -2.65. The molecular formula is C19H16F6OSe2. The zero-order valence-electron chi connectivity index (χ0n) is 14.7. The Labute approximate surface area is 171 Å². The van der Waals surface area contributed by atoms with E-state index in [4.69, 9.17) is 0 Å². The van der Waals surface area contributed by atoms with Gasteiger partial charge in [0.25, 0.3) is 0 Å². The topological polar surface area (TPSA) is 20.2 Å². The van der Waals surface area contributed by atoms with Gasteiger partial charge in [0.1, 0.15) is 0 Å². The van der Waals surface area contributed by atoms with Crippen molar-refractivity contribution in [1.82, 2.24) is 0 Å². The maximum absolute atomic E-state index is 12.7. The van der Waals surface area contributed by atoms with E-state index in [2.05, 4.69) is 0 Å². The third kappa shape index (κ3) is 6.67. The zero-order valence-corrected chi connectivity index (χ0v) is 18.2. The molecule has 0 aromatic heterocycles. The van der Waals surface area contributed by atoms with Gasteiger partial charge in [0.15, 0.2) is 0 Å².